The summed E-state index contributed by atoms with van der Waals surface area (Å²) in [6.07, 6.45) is 0.577. The molecule has 2 atom stereocenters. The molecule has 0 bridgehead atoms. The molecule has 2 aromatic rings. The van der Waals surface area contributed by atoms with Crippen molar-refractivity contribution in [2.24, 2.45) is 5.92 Å². The van der Waals surface area contributed by atoms with Crippen LogP contribution in [0.1, 0.15) is 18.1 Å². The SMILES string of the molecule is OC(c1cccc2ccsc12)C1CCOC1. The Kier molecular flexibility index (Phi) is 2.67. The number of hydrogen-bond donors (Lipinski definition) is 1. The van der Waals surface area contributed by atoms with Gasteiger partial charge >= 0.3 is 0 Å². The summed E-state index contributed by atoms with van der Waals surface area (Å²) in [5.41, 5.74) is 1.06. The third kappa shape index (κ3) is 1.65. The van der Waals surface area contributed by atoms with E-state index in [1.165, 1.54) is 10.1 Å². The van der Waals surface area contributed by atoms with E-state index in [1.807, 2.05) is 12.1 Å². The Hall–Kier alpha value is -0.900. The molecule has 1 saturated heterocycles. The van der Waals surface area contributed by atoms with Gasteiger partial charge in [0.15, 0.2) is 0 Å². The van der Waals surface area contributed by atoms with Crippen molar-refractivity contribution in [3.63, 3.8) is 0 Å². The highest BCUT2D eigenvalue weighted by Crippen LogP contribution is 2.35. The van der Waals surface area contributed by atoms with Crippen molar-refractivity contribution in [3.05, 3.63) is 35.2 Å². The van der Waals surface area contributed by atoms with Gasteiger partial charge in [-0.2, -0.15) is 0 Å². The predicted molar refractivity (Wildman–Crippen MR) is 65.7 cm³/mol. The molecule has 3 rings (SSSR count). The highest BCUT2D eigenvalue weighted by atomic mass is 32.1. The first-order valence-electron chi connectivity index (χ1n) is 5.58. The maximum Gasteiger partial charge on any atom is 0.0854 e. The average Bonchev–Trinajstić information content (AvgIpc) is 2.98. The van der Waals surface area contributed by atoms with E-state index < -0.39 is 0 Å². The van der Waals surface area contributed by atoms with Crippen LogP contribution in [0.3, 0.4) is 0 Å². The quantitative estimate of drug-likeness (QED) is 0.865. The molecule has 84 valence electrons. The van der Waals surface area contributed by atoms with Crippen LogP contribution in [0, 0.1) is 5.92 Å². The van der Waals surface area contributed by atoms with Crippen molar-refractivity contribution in [2.75, 3.05) is 13.2 Å². The lowest BCUT2D eigenvalue weighted by molar-refractivity contribution is 0.0930. The Labute approximate surface area is 98.5 Å². The maximum atomic E-state index is 10.4. The van der Waals surface area contributed by atoms with E-state index in [-0.39, 0.29) is 12.0 Å². The van der Waals surface area contributed by atoms with Gasteiger partial charge in [0.2, 0.25) is 0 Å². The summed E-state index contributed by atoms with van der Waals surface area (Å²) >= 11 is 1.70. The van der Waals surface area contributed by atoms with Gasteiger partial charge in [-0.3, -0.25) is 0 Å². The van der Waals surface area contributed by atoms with E-state index in [2.05, 4.69) is 17.5 Å². The van der Waals surface area contributed by atoms with Crippen LogP contribution in [0.15, 0.2) is 29.6 Å². The van der Waals surface area contributed by atoms with Crippen molar-refractivity contribution in [2.45, 2.75) is 12.5 Å². The highest BCUT2D eigenvalue weighted by molar-refractivity contribution is 7.17. The standard InChI is InChI=1S/C13H14O2S/c14-12(10-4-6-15-8-10)11-3-1-2-9-5-7-16-13(9)11/h1-3,5,7,10,12,14H,4,6,8H2. The second kappa shape index (κ2) is 4.17. The largest absolute Gasteiger partial charge is 0.388 e. The van der Waals surface area contributed by atoms with Gasteiger partial charge in [-0.1, -0.05) is 18.2 Å². The smallest absolute Gasteiger partial charge is 0.0854 e. The van der Waals surface area contributed by atoms with Crippen LogP contribution in [0.25, 0.3) is 10.1 Å². The minimum Gasteiger partial charge on any atom is -0.388 e. The summed E-state index contributed by atoms with van der Waals surface area (Å²) in [7, 11) is 0. The maximum absolute atomic E-state index is 10.4. The van der Waals surface area contributed by atoms with Crippen LogP contribution >= 0.6 is 11.3 Å². The zero-order chi connectivity index (χ0) is 11.0. The average molecular weight is 234 g/mol. The third-order valence-electron chi connectivity index (χ3n) is 3.24. The molecule has 16 heavy (non-hydrogen) atoms. The van der Waals surface area contributed by atoms with Gasteiger partial charge in [0.1, 0.15) is 0 Å². The van der Waals surface area contributed by atoms with Crippen LogP contribution in [-0.2, 0) is 4.74 Å². The van der Waals surface area contributed by atoms with Crippen LogP contribution in [0.2, 0.25) is 0 Å². The number of hydrogen-bond acceptors (Lipinski definition) is 3. The van der Waals surface area contributed by atoms with Gasteiger partial charge < -0.3 is 9.84 Å². The minimum absolute atomic E-state index is 0.257. The summed E-state index contributed by atoms with van der Waals surface area (Å²) in [5, 5.41) is 13.7. The molecule has 0 spiro atoms. The molecule has 1 N–H and O–H groups in total. The summed E-state index contributed by atoms with van der Waals surface area (Å²) < 4.78 is 6.55. The number of fused-ring (bicyclic) bond motifs is 1. The topological polar surface area (TPSA) is 29.5 Å². The summed E-state index contributed by atoms with van der Waals surface area (Å²) in [6, 6.07) is 8.24. The number of ether oxygens (including phenoxy) is 1. The van der Waals surface area contributed by atoms with Gasteiger partial charge in [0, 0.05) is 17.2 Å². The lowest BCUT2D eigenvalue weighted by atomic mass is 9.94. The fourth-order valence-corrected chi connectivity index (χ4v) is 3.25. The van der Waals surface area contributed by atoms with E-state index >= 15 is 0 Å². The highest BCUT2D eigenvalue weighted by Gasteiger charge is 2.26. The van der Waals surface area contributed by atoms with E-state index in [1.54, 1.807) is 11.3 Å². The molecule has 1 fully saturated rings. The summed E-state index contributed by atoms with van der Waals surface area (Å²) in [5.74, 6) is 0.257. The predicted octanol–water partition coefficient (Wildman–Crippen LogP) is 2.97. The second-order valence-corrected chi connectivity index (χ2v) is 5.17. The van der Waals surface area contributed by atoms with E-state index in [4.69, 9.17) is 4.74 Å². The van der Waals surface area contributed by atoms with Gasteiger partial charge in [-0.15, -0.1) is 11.3 Å². The lowest BCUT2D eigenvalue weighted by Crippen LogP contribution is -2.12. The fourth-order valence-electron chi connectivity index (χ4n) is 2.30. The Morgan fingerprint density at radius 3 is 3.12 bits per heavy atom. The van der Waals surface area contributed by atoms with Crippen LogP contribution < -0.4 is 0 Å². The molecule has 2 heterocycles. The molecule has 2 unspecified atom stereocenters. The molecule has 1 aromatic carbocycles. The summed E-state index contributed by atoms with van der Waals surface area (Å²) in [6.45, 7) is 1.46. The monoisotopic (exact) mass is 234 g/mol. The molecule has 1 aromatic heterocycles. The third-order valence-corrected chi connectivity index (χ3v) is 4.22. The summed E-state index contributed by atoms with van der Waals surface area (Å²) in [4.78, 5) is 0. The number of aliphatic hydroxyl groups is 1. The van der Waals surface area contributed by atoms with Gasteiger partial charge in [-0.25, -0.2) is 0 Å². The first kappa shape index (κ1) is 10.3. The Morgan fingerprint density at radius 2 is 2.31 bits per heavy atom. The Morgan fingerprint density at radius 1 is 1.38 bits per heavy atom. The van der Waals surface area contributed by atoms with Crippen LogP contribution in [0.5, 0.6) is 0 Å². The minimum atomic E-state index is -0.384. The number of rotatable bonds is 2. The molecule has 2 nitrogen and oxygen atoms in total. The van der Waals surface area contributed by atoms with Crippen LogP contribution in [0.4, 0.5) is 0 Å². The first-order valence-corrected chi connectivity index (χ1v) is 6.46. The molecular weight excluding hydrogens is 220 g/mol. The molecule has 1 aliphatic rings. The Balaban J connectivity index is 2.00. The number of benzene rings is 1. The van der Waals surface area contributed by atoms with E-state index in [0.717, 1.165) is 18.6 Å². The van der Waals surface area contributed by atoms with Gasteiger partial charge in [-0.05, 0) is 28.8 Å². The zero-order valence-corrected chi connectivity index (χ0v) is 9.74. The van der Waals surface area contributed by atoms with E-state index in [0.29, 0.717) is 6.61 Å². The molecular formula is C13H14O2S. The lowest BCUT2D eigenvalue weighted by Gasteiger charge is -2.17. The second-order valence-electron chi connectivity index (χ2n) is 4.25. The van der Waals surface area contributed by atoms with Crippen molar-refractivity contribution < 1.29 is 9.84 Å². The molecule has 0 saturated carbocycles. The molecule has 0 radical (unpaired) electrons. The molecule has 0 aliphatic carbocycles. The van der Waals surface area contributed by atoms with E-state index in [9.17, 15) is 5.11 Å². The van der Waals surface area contributed by atoms with Crippen molar-refractivity contribution in [1.82, 2.24) is 0 Å². The van der Waals surface area contributed by atoms with Crippen molar-refractivity contribution in [1.29, 1.82) is 0 Å². The fraction of sp³-hybridized carbons (Fsp3) is 0.385. The molecule has 3 heteroatoms. The molecule has 0 amide bonds. The Bertz CT molecular complexity index is 485. The van der Waals surface area contributed by atoms with Crippen molar-refractivity contribution >= 4 is 21.4 Å². The van der Waals surface area contributed by atoms with Gasteiger partial charge in [0.05, 0.1) is 12.7 Å². The number of aliphatic hydroxyl groups excluding tert-OH is 1. The van der Waals surface area contributed by atoms with Crippen LogP contribution in [-0.4, -0.2) is 18.3 Å². The number of thiophene rings is 1. The first-order chi connectivity index (χ1) is 7.86. The van der Waals surface area contributed by atoms with Crippen molar-refractivity contribution in [3.8, 4) is 0 Å². The molecule has 1 aliphatic heterocycles. The normalized spacial score (nSPS) is 22.7. The zero-order valence-electron chi connectivity index (χ0n) is 8.93. The van der Waals surface area contributed by atoms with Gasteiger partial charge in [0.25, 0.3) is 0 Å².